The zero-order valence-electron chi connectivity index (χ0n) is 14.0. The number of amides is 1. The number of benzene rings is 1. The first kappa shape index (κ1) is 18.0. The number of furan rings is 1. The minimum absolute atomic E-state index is 0. The van der Waals surface area contributed by atoms with Crippen LogP contribution in [0.2, 0.25) is 0 Å². The predicted octanol–water partition coefficient (Wildman–Crippen LogP) is 3.72. The maximum absolute atomic E-state index is 13.8. The summed E-state index contributed by atoms with van der Waals surface area (Å²) in [6, 6.07) is 9.74. The van der Waals surface area contributed by atoms with E-state index in [4.69, 9.17) is 4.42 Å². The van der Waals surface area contributed by atoms with Crippen molar-refractivity contribution in [3.8, 4) is 11.3 Å². The number of nitrogens with zero attached hydrogens (tertiary/aromatic N) is 1. The summed E-state index contributed by atoms with van der Waals surface area (Å²) in [6.45, 7) is 3.66. The molecule has 2 aliphatic heterocycles. The molecule has 1 spiro atoms. The lowest BCUT2D eigenvalue weighted by molar-refractivity contribution is 0.0578. The first-order valence-electron chi connectivity index (χ1n) is 8.52. The third kappa shape index (κ3) is 3.44. The second kappa shape index (κ2) is 7.18. The van der Waals surface area contributed by atoms with Crippen LogP contribution in [0.4, 0.5) is 4.39 Å². The normalized spacial score (nSPS) is 19.0. The highest BCUT2D eigenvalue weighted by molar-refractivity contribution is 5.92. The number of hydrogen-bond donors (Lipinski definition) is 1. The SMILES string of the molecule is Cl.O=C(c1ccc(-c2ccccc2F)o1)N1CCC2(CCNC2)CC1. The molecule has 4 nitrogen and oxygen atoms in total. The highest BCUT2D eigenvalue weighted by Gasteiger charge is 2.38. The van der Waals surface area contributed by atoms with E-state index in [9.17, 15) is 9.18 Å². The highest BCUT2D eigenvalue weighted by atomic mass is 35.5. The van der Waals surface area contributed by atoms with Gasteiger partial charge in [0.15, 0.2) is 5.76 Å². The molecule has 134 valence electrons. The van der Waals surface area contributed by atoms with Gasteiger partial charge >= 0.3 is 0 Å². The van der Waals surface area contributed by atoms with Crippen molar-refractivity contribution in [2.75, 3.05) is 26.2 Å². The summed E-state index contributed by atoms with van der Waals surface area (Å²) >= 11 is 0. The summed E-state index contributed by atoms with van der Waals surface area (Å²) in [5, 5.41) is 3.43. The van der Waals surface area contributed by atoms with E-state index in [0.29, 0.717) is 16.7 Å². The Bertz CT molecular complexity index is 745. The van der Waals surface area contributed by atoms with Crippen LogP contribution in [0.15, 0.2) is 40.8 Å². The van der Waals surface area contributed by atoms with Crippen molar-refractivity contribution in [3.05, 3.63) is 48.0 Å². The van der Waals surface area contributed by atoms with Gasteiger partial charge in [-0.15, -0.1) is 12.4 Å². The molecule has 0 saturated carbocycles. The van der Waals surface area contributed by atoms with Crippen molar-refractivity contribution in [2.45, 2.75) is 19.3 Å². The zero-order chi connectivity index (χ0) is 16.6. The minimum atomic E-state index is -0.348. The number of hydrogen-bond acceptors (Lipinski definition) is 3. The van der Waals surface area contributed by atoms with Crippen LogP contribution >= 0.6 is 12.4 Å². The van der Waals surface area contributed by atoms with Gasteiger partial charge in [0.25, 0.3) is 5.91 Å². The first-order chi connectivity index (χ1) is 11.7. The summed E-state index contributed by atoms with van der Waals surface area (Å²) in [7, 11) is 0. The molecule has 2 aliphatic rings. The van der Waals surface area contributed by atoms with E-state index in [-0.39, 0.29) is 29.9 Å². The van der Waals surface area contributed by atoms with E-state index >= 15 is 0 Å². The fraction of sp³-hybridized carbons (Fsp3) is 0.421. The molecule has 1 N–H and O–H groups in total. The van der Waals surface area contributed by atoms with Crippen molar-refractivity contribution < 1.29 is 13.6 Å². The molecule has 0 atom stereocenters. The first-order valence-corrected chi connectivity index (χ1v) is 8.52. The largest absolute Gasteiger partial charge is 0.451 e. The Morgan fingerprint density at radius 3 is 2.56 bits per heavy atom. The van der Waals surface area contributed by atoms with Gasteiger partial charge in [-0.1, -0.05) is 12.1 Å². The topological polar surface area (TPSA) is 45.5 Å². The highest BCUT2D eigenvalue weighted by Crippen LogP contribution is 2.37. The Morgan fingerprint density at radius 1 is 1.12 bits per heavy atom. The number of nitrogens with one attached hydrogen (secondary N) is 1. The number of halogens is 2. The summed E-state index contributed by atoms with van der Waals surface area (Å²) in [5.41, 5.74) is 0.754. The molecule has 6 heteroatoms. The fourth-order valence-corrected chi connectivity index (χ4v) is 3.82. The number of carbonyl (C=O) groups is 1. The Labute approximate surface area is 152 Å². The molecule has 0 aliphatic carbocycles. The molecule has 1 amide bonds. The van der Waals surface area contributed by atoms with E-state index in [1.54, 1.807) is 30.3 Å². The second-order valence-electron chi connectivity index (χ2n) is 6.86. The molecule has 0 unspecified atom stereocenters. The van der Waals surface area contributed by atoms with Crippen molar-refractivity contribution >= 4 is 18.3 Å². The monoisotopic (exact) mass is 364 g/mol. The van der Waals surface area contributed by atoms with E-state index < -0.39 is 0 Å². The number of likely N-dealkylation sites (tertiary alicyclic amines) is 1. The van der Waals surface area contributed by atoms with Crippen LogP contribution < -0.4 is 5.32 Å². The third-order valence-electron chi connectivity index (χ3n) is 5.40. The molecule has 1 aromatic carbocycles. The van der Waals surface area contributed by atoms with Gasteiger partial charge in [0.2, 0.25) is 0 Å². The Kier molecular flexibility index (Phi) is 5.16. The zero-order valence-corrected chi connectivity index (χ0v) is 14.8. The molecule has 0 radical (unpaired) electrons. The minimum Gasteiger partial charge on any atom is -0.451 e. The lowest BCUT2D eigenvalue weighted by atomic mass is 9.78. The van der Waals surface area contributed by atoms with Crippen LogP contribution in [-0.4, -0.2) is 37.0 Å². The Hall–Kier alpha value is -1.85. The molecule has 1 aromatic heterocycles. The van der Waals surface area contributed by atoms with E-state index in [1.165, 1.54) is 12.5 Å². The maximum Gasteiger partial charge on any atom is 0.289 e. The van der Waals surface area contributed by atoms with E-state index in [0.717, 1.165) is 39.0 Å². The number of carbonyl (C=O) groups excluding carboxylic acids is 1. The molecule has 2 fully saturated rings. The van der Waals surface area contributed by atoms with Crippen LogP contribution in [0.5, 0.6) is 0 Å². The van der Waals surface area contributed by atoms with Gasteiger partial charge < -0.3 is 14.6 Å². The molecular weight excluding hydrogens is 343 g/mol. The summed E-state index contributed by atoms with van der Waals surface area (Å²) in [6.07, 6.45) is 3.27. The van der Waals surface area contributed by atoms with Crippen LogP contribution in [0.3, 0.4) is 0 Å². The standard InChI is InChI=1S/C19H21FN2O2.ClH/c20-15-4-2-1-3-14(15)16-5-6-17(24-16)18(23)22-11-8-19(9-12-22)7-10-21-13-19;/h1-6,21H,7-13H2;1H. The predicted molar refractivity (Wildman–Crippen MR) is 96.4 cm³/mol. The third-order valence-corrected chi connectivity index (χ3v) is 5.40. The Balaban J connectivity index is 0.00000182. The van der Waals surface area contributed by atoms with Crippen LogP contribution in [0.25, 0.3) is 11.3 Å². The summed E-state index contributed by atoms with van der Waals surface area (Å²) in [5.74, 6) is 0.233. The van der Waals surface area contributed by atoms with Gasteiger partial charge in [0, 0.05) is 19.6 Å². The Morgan fingerprint density at radius 2 is 1.88 bits per heavy atom. The molecule has 25 heavy (non-hydrogen) atoms. The number of rotatable bonds is 2. The molecule has 3 heterocycles. The smallest absolute Gasteiger partial charge is 0.289 e. The molecule has 4 rings (SSSR count). The van der Waals surface area contributed by atoms with Crippen molar-refractivity contribution in [2.24, 2.45) is 5.41 Å². The molecular formula is C19H22ClFN2O2. The molecule has 0 bridgehead atoms. The van der Waals surface area contributed by atoms with Gasteiger partial charge in [0.1, 0.15) is 11.6 Å². The van der Waals surface area contributed by atoms with Gasteiger partial charge in [-0.25, -0.2) is 4.39 Å². The van der Waals surface area contributed by atoms with Crippen LogP contribution in [-0.2, 0) is 0 Å². The van der Waals surface area contributed by atoms with Gasteiger partial charge in [-0.3, -0.25) is 4.79 Å². The van der Waals surface area contributed by atoms with Crippen molar-refractivity contribution in [3.63, 3.8) is 0 Å². The number of piperidine rings is 1. The lowest BCUT2D eigenvalue weighted by Gasteiger charge is -2.38. The molecule has 2 saturated heterocycles. The van der Waals surface area contributed by atoms with Crippen molar-refractivity contribution in [1.82, 2.24) is 10.2 Å². The lowest BCUT2D eigenvalue weighted by Crippen LogP contribution is -2.43. The fourth-order valence-electron chi connectivity index (χ4n) is 3.82. The van der Waals surface area contributed by atoms with Gasteiger partial charge in [-0.2, -0.15) is 0 Å². The quantitative estimate of drug-likeness (QED) is 0.883. The van der Waals surface area contributed by atoms with Gasteiger partial charge in [-0.05, 0) is 55.5 Å². The second-order valence-corrected chi connectivity index (χ2v) is 6.86. The van der Waals surface area contributed by atoms with E-state index in [2.05, 4.69) is 5.32 Å². The van der Waals surface area contributed by atoms with Gasteiger partial charge in [0.05, 0.1) is 5.56 Å². The van der Waals surface area contributed by atoms with Crippen LogP contribution in [0, 0.1) is 11.2 Å². The van der Waals surface area contributed by atoms with E-state index in [1.807, 2.05) is 4.90 Å². The average molecular weight is 365 g/mol. The summed E-state index contributed by atoms with van der Waals surface area (Å²) in [4.78, 5) is 14.5. The van der Waals surface area contributed by atoms with Crippen LogP contribution in [0.1, 0.15) is 29.8 Å². The maximum atomic E-state index is 13.8. The molecule has 2 aromatic rings. The van der Waals surface area contributed by atoms with Crippen molar-refractivity contribution in [1.29, 1.82) is 0 Å². The average Bonchev–Trinajstić information content (AvgIpc) is 3.26. The summed E-state index contributed by atoms with van der Waals surface area (Å²) < 4.78 is 19.5.